The highest BCUT2D eigenvalue weighted by Gasteiger charge is 2.64. The molecule has 3 unspecified atom stereocenters. The molecule has 0 heterocycles. The van der Waals surface area contributed by atoms with Crippen molar-refractivity contribution in [1.82, 2.24) is 4.90 Å². The highest BCUT2D eigenvalue weighted by Crippen LogP contribution is 2.57. The van der Waals surface area contributed by atoms with Gasteiger partial charge in [-0.1, -0.05) is 38.8 Å². The van der Waals surface area contributed by atoms with Gasteiger partial charge in [-0.15, -0.1) is 0 Å². The van der Waals surface area contributed by atoms with Gasteiger partial charge in [-0.25, -0.2) is 0 Å². The molecular formula is C28H34N2O7. The van der Waals surface area contributed by atoms with Crippen LogP contribution in [0.15, 0.2) is 29.0 Å². The van der Waals surface area contributed by atoms with Crippen LogP contribution in [0.5, 0.6) is 5.75 Å². The minimum atomic E-state index is -2.63. The Labute approximate surface area is 215 Å². The maximum atomic E-state index is 14.0. The van der Waals surface area contributed by atoms with Crippen LogP contribution in [-0.2, 0) is 19.8 Å². The summed E-state index contributed by atoms with van der Waals surface area (Å²) < 4.78 is 0. The Kier molecular flexibility index (Phi) is 5.62. The number of phenolic OH excluding ortho intramolecular Hbond substituents is 1. The number of Topliss-reactive ketones (excluding diaryl/α,β-unsaturated/α-hetero) is 2. The second-order valence-corrected chi connectivity index (χ2v) is 11.6. The van der Waals surface area contributed by atoms with Crippen LogP contribution in [0.25, 0.3) is 5.76 Å². The number of rotatable bonds is 3. The number of carbonyl (C=O) groups is 3. The molecule has 9 nitrogen and oxygen atoms in total. The maximum Gasteiger partial charge on any atom is 0.255 e. The lowest BCUT2D eigenvalue weighted by molar-refractivity contribution is -0.154. The van der Waals surface area contributed by atoms with Gasteiger partial charge < -0.3 is 26.2 Å². The first-order valence-electron chi connectivity index (χ1n) is 12.8. The quantitative estimate of drug-likeness (QED) is 0.387. The lowest BCUT2D eigenvalue weighted by atomic mass is 9.55. The molecule has 2 fully saturated rings. The van der Waals surface area contributed by atoms with Crippen LogP contribution >= 0.6 is 0 Å². The van der Waals surface area contributed by atoms with Crippen molar-refractivity contribution in [2.75, 3.05) is 14.1 Å². The summed E-state index contributed by atoms with van der Waals surface area (Å²) in [6.45, 7) is 3.96. The van der Waals surface area contributed by atoms with Gasteiger partial charge in [-0.2, -0.15) is 0 Å². The smallest absolute Gasteiger partial charge is 0.255 e. The Morgan fingerprint density at radius 3 is 2.30 bits per heavy atom. The number of phenols is 1. The number of nitrogens with zero attached hydrogens (tertiary/aromatic N) is 1. The summed E-state index contributed by atoms with van der Waals surface area (Å²) in [5.41, 5.74) is 3.09. The maximum absolute atomic E-state index is 14.0. The number of aliphatic hydroxyl groups excluding tert-OH is 2. The number of hydrogen-bond acceptors (Lipinski definition) is 8. The number of likely N-dealkylation sites (N-methyl/N-ethyl adjacent to an activating group) is 1. The number of ketones is 2. The number of fused-ring (bicyclic) bond motifs is 3. The Hall–Kier alpha value is -3.17. The van der Waals surface area contributed by atoms with E-state index in [1.54, 1.807) is 14.1 Å². The van der Waals surface area contributed by atoms with Gasteiger partial charge in [0.05, 0.1) is 11.6 Å². The fourth-order valence-electron chi connectivity index (χ4n) is 7.45. The van der Waals surface area contributed by atoms with Gasteiger partial charge in [0.15, 0.2) is 11.4 Å². The van der Waals surface area contributed by atoms with E-state index >= 15 is 0 Å². The molecule has 0 aromatic heterocycles. The van der Waals surface area contributed by atoms with Gasteiger partial charge in [0, 0.05) is 17.1 Å². The number of aromatic hydroxyl groups is 1. The van der Waals surface area contributed by atoms with E-state index < -0.39 is 58.0 Å². The van der Waals surface area contributed by atoms with Crippen molar-refractivity contribution < 1.29 is 34.8 Å². The molecule has 4 aliphatic carbocycles. The zero-order valence-corrected chi connectivity index (χ0v) is 21.5. The third-order valence-corrected chi connectivity index (χ3v) is 9.46. The van der Waals surface area contributed by atoms with E-state index in [-0.39, 0.29) is 34.6 Å². The number of carbonyl (C=O) groups excluding carboxylic acids is 3. The van der Waals surface area contributed by atoms with E-state index in [0.29, 0.717) is 11.1 Å². The first kappa shape index (κ1) is 25.5. The molecule has 0 spiro atoms. The number of amides is 1. The molecule has 0 bridgehead atoms. The summed E-state index contributed by atoms with van der Waals surface area (Å²) >= 11 is 0. The van der Waals surface area contributed by atoms with E-state index in [1.165, 1.54) is 4.90 Å². The van der Waals surface area contributed by atoms with Crippen LogP contribution in [0.3, 0.4) is 0 Å². The van der Waals surface area contributed by atoms with Crippen LogP contribution in [-0.4, -0.2) is 68.5 Å². The standard InChI is InChI=1S/C28H34N2O7/c1-12-13-7-8-15(27(2)9-5-6-10-27)21(31)17(13)22(32)18-14(12)11-16-20(30(3)4)23(33)19(26(29)36)25(35)28(16,37)24(18)34/h7-8,12,14,16,20,31-32,35,37H,5-6,9-11H2,1-4H3,(H2,29,36)/t12?,14?,16?,20-,28-/m0/s1. The number of nitrogens with two attached hydrogens (primary N) is 1. The van der Waals surface area contributed by atoms with Crippen molar-refractivity contribution in [3.8, 4) is 5.75 Å². The molecule has 1 aromatic carbocycles. The van der Waals surface area contributed by atoms with Crippen LogP contribution < -0.4 is 5.73 Å². The van der Waals surface area contributed by atoms with Gasteiger partial charge >= 0.3 is 0 Å². The summed E-state index contributed by atoms with van der Waals surface area (Å²) in [6.07, 6.45) is 3.93. The van der Waals surface area contributed by atoms with Crippen LogP contribution in [0.4, 0.5) is 0 Å². The fraction of sp³-hybridized carbons (Fsp3) is 0.536. The molecule has 0 saturated heterocycles. The van der Waals surface area contributed by atoms with Gasteiger partial charge in [-0.05, 0) is 56.2 Å². The lowest BCUT2D eigenvalue weighted by Gasteiger charge is -2.51. The molecule has 0 aliphatic heterocycles. The average molecular weight is 511 g/mol. The van der Waals surface area contributed by atoms with Crippen molar-refractivity contribution in [2.45, 2.75) is 68.9 Å². The fourth-order valence-corrected chi connectivity index (χ4v) is 7.45. The van der Waals surface area contributed by atoms with Crippen molar-refractivity contribution in [2.24, 2.45) is 17.6 Å². The SMILES string of the molecule is CC1c2ccc(C3(C)CCCC3)c(O)c2C(O)=C2C(=O)[C@]3(O)C(O)=C(C(N)=O)C(=O)[C@@H](N(C)C)C3CC21. The topological polar surface area (TPSA) is 161 Å². The number of primary amides is 1. The van der Waals surface area contributed by atoms with Gasteiger partial charge in [0.1, 0.15) is 22.8 Å². The normalized spacial score (nSPS) is 32.9. The van der Waals surface area contributed by atoms with E-state index in [9.17, 15) is 34.8 Å². The largest absolute Gasteiger partial charge is 0.508 e. The van der Waals surface area contributed by atoms with Gasteiger partial charge in [0.2, 0.25) is 5.78 Å². The Morgan fingerprint density at radius 2 is 1.73 bits per heavy atom. The summed E-state index contributed by atoms with van der Waals surface area (Å²) in [7, 11) is 3.17. The Bertz CT molecular complexity index is 1300. The monoisotopic (exact) mass is 510 g/mol. The van der Waals surface area contributed by atoms with Gasteiger partial charge in [0.25, 0.3) is 5.91 Å². The summed E-state index contributed by atoms with van der Waals surface area (Å²) in [6, 6.07) is 2.69. The minimum absolute atomic E-state index is 0.0765. The first-order chi connectivity index (χ1) is 17.3. The Balaban J connectivity index is 1.74. The van der Waals surface area contributed by atoms with Crippen molar-refractivity contribution in [1.29, 1.82) is 0 Å². The van der Waals surface area contributed by atoms with Gasteiger partial charge in [-0.3, -0.25) is 19.3 Å². The van der Waals surface area contributed by atoms with E-state index in [2.05, 4.69) is 6.92 Å². The van der Waals surface area contributed by atoms with Crippen molar-refractivity contribution in [3.05, 3.63) is 45.7 Å². The molecule has 0 radical (unpaired) electrons. The number of aliphatic hydroxyl groups is 3. The zero-order valence-electron chi connectivity index (χ0n) is 21.5. The molecular weight excluding hydrogens is 476 g/mol. The highest BCUT2D eigenvalue weighted by atomic mass is 16.3. The van der Waals surface area contributed by atoms with Crippen LogP contribution in [0.2, 0.25) is 0 Å². The molecule has 5 rings (SSSR count). The minimum Gasteiger partial charge on any atom is -0.508 e. The molecule has 6 N–H and O–H groups in total. The second-order valence-electron chi connectivity index (χ2n) is 11.6. The highest BCUT2D eigenvalue weighted by molar-refractivity contribution is 6.24. The molecule has 37 heavy (non-hydrogen) atoms. The van der Waals surface area contributed by atoms with Crippen LogP contribution in [0, 0.1) is 11.8 Å². The number of hydrogen-bond donors (Lipinski definition) is 5. The first-order valence-corrected chi connectivity index (χ1v) is 12.8. The third kappa shape index (κ3) is 3.19. The lowest BCUT2D eigenvalue weighted by Crippen LogP contribution is -2.65. The Morgan fingerprint density at radius 1 is 1.11 bits per heavy atom. The molecule has 4 aliphatic rings. The van der Waals surface area contributed by atoms with E-state index in [0.717, 1.165) is 25.7 Å². The zero-order chi connectivity index (χ0) is 27.2. The average Bonchev–Trinajstić information content (AvgIpc) is 3.26. The predicted molar refractivity (Wildman–Crippen MR) is 135 cm³/mol. The summed E-state index contributed by atoms with van der Waals surface area (Å²) in [5, 5.41) is 45.6. The van der Waals surface area contributed by atoms with Crippen molar-refractivity contribution in [3.63, 3.8) is 0 Å². The van der Waals surface area contributed by atoms with Crippen LogP contribution in [0.1, 0.15) is 68.6 Å². The van der Waals surface area contributed by atoms with E-state index in [4.69, 9.17) is 5.73 Å². The molecule has 198 valence electrons. The van der Waals surface area contributed by atoms with E-state index in [1.807, 2.05) is 19.1 Å². The molecule has 2 saturated carbocycles. The molecule has 5 atom stereocenters. The number of benzene rings is 1. The predicted octanol–water partition coefficient (Wildman–Crippen LogP) is 2.36. The summed E-state index contributed by atoms with van der Waals surface area (Å²) in [5.74, 6) is -6.61. The van der Waals surface area contributed by atoms with Crippen molar-refractivity contribution >= 4 is 23.2 Å². The molecule has 9 heteroatoms. The second kappa shape index (κ2) is 8.16. The molecule has 1 amide bonds. The third-order valence-electron chi connectivity index (χ3n) is 9.46. The summed E-state index contributed by atoms with van der Waals surface area (Å²) in [4.78, 5) is 40.8. The molecule has 1 aromatic rings.